The minimum absolute atomic E-state index is 0.300. The minimum Gasteiger partial charge on any atom is -0.458 e. The van der Waals surface area contributed by atoms with Crippen LogP contribution in [0.25, 0.3) is 0 Å². The number of esters is 1. The molecular formula is C9H15NO3. The van der Waals surface area contributed by atoms with Crippen LogP contribution in [0.15, 0.2) is 0 Å². The van der Waals surface area contributed by atoms with Gasteiger partial charge in [-0.05, 0) is 27.2 Å². The zero-order valence-electron chi connectivity index (χ0n) is 8.24. The molecule has 0 aliphatic carbocycles. The van der Waals surface area contributed by atoms with Crippen molar-refractivity contribution in [1.29, 1.82) is 0 Å². The third kappa shape index (κ3) is 2.44. The molecular weight excluding hydrogens is 170 g/mol. The molecule has 13 heavy (non-hydrogen) atoms. The van der Waals surface area contributed by atoms with Crippen molar-refractivity contribution in [2.45, 2.75) is 38.8 Å². The summed E-state index contributed by atoms with van der Waals surface area (Å²) in [6.45, 7) is 6.10. The normalized spacial score (nSPS) is 22.1. The SMILES string of the molecule is CC(C)(C)OC(=O)C1CCN1C=O. The molecule has 1 rings (SSSR count). The molecule has 1 aliphatic heterocycles. The maximum Gasteiger partial charge on any atom is 0.329 e. The van der Waals surface area contributed by atoms with E-state index < -0.39 is 5.60 Å². The summed E-state index contributed by atoms with van der Waals surface area (Å²) in [5.74, 6) is -0.300. The van der Waals surface area contributed by atoms with Gasteiger partial charge in [-0.1, -0.05) is 0 Å². The molecule has 1 amide bonds. The third-order valence-corrected chi connectivity index (χ3v) is 1.88. The van der Waals surface area contributed by atoms with Crippen molar-refractivity contribution >= 4 is 12.4 Å². The van der Waals surface area contributed by atoms with Gasteiger partial charge in [0.25, 0.3) is 0 Å². The van der Waals surface area contributed by atoms with Crippen LogP contribution in [0, 0.1) is 0 Å². The Hall–Kier alpha value is -1.06. The average molecular weight is 185 g/mol. The number of hydrogen-bond acceptors (Lipinski definition) is 3. The summed E-state index contributed by atoms with van der Waals surface area (Å²) >= 11 is 0. The summed E-state index contributed by atoms with van der Waals surface area (Å²) in [5.41, 5.74) is -0.471. The number of ether oxygens (including phenoxy) is 1. The predicted molar refractivity (Wildman–Crippen MR) is 47.0 cm³/mol. The molecule has 1 heterocycles. The molecule has 1 saturated heterocycles. The van der Waals surface area contributed by atoms with E-state index in [0.717, 1.165) is 0 Å². The molecule has 0 radical (unpaired) electrons. The van der Waals surface area contributed by atoms with Crippen LogP contribution >= 0.6 is 0 Å². The Morgan fingerprint density at radius 2 is 2.15 bits per heavy atom. The Bertz CT molecular complexity index is 219. The van der Waals surface area contributed by atoms with Crippen LogP contribution in [0.1, 0.15) is 27.2 Å². The van der Waals surface area contributed by atoms with Crippen molar-refractivity contribution < 1.29 is 14.3 Å². The molecule has 0 aromatic carbocycles. The molecule has 0 spiro atoms. The van der Waals surface area contributed by atoms with Crippen LogP contribution in [-0.2, 0) is 14.3 Å². The quantitative estimate of drug-likeness (QED) is 0.466. The first kappa shape index (κ1) is 10.0. The van der Waals surface area contributed by atoms with Crippen LogP contribution in [0.3, 0.4) is 0 Å². The Morgan fingerprint density at radius 3 is 2.46 bits per heavy atom. The standard InChI is InChI=1S/C9H15NO3/c1-9(2,3)13-8(12)7-4-5-10(7)6-11/h6-7H,4-5H2,1-3H3. The van der Waals surface area contributed by atoms with Gasteiger partial charge in [-0.3, -0.25) is 4.79 Å². The van der Waals surface area contributed by atoms with E-state index in [4.69, 9.17) is 4.74 Å². The van der Waals surface area contributed by atoms with E-state index in [2.05, 4.69) is 0 Å². The van der Waals surface area contributed by atoms with Gasteiger partial charge >= 0.3 is 5.97 Å². The molecule has 1 aliphatic rings. The smallest absolute Gasteiger partial charge is 0.329 e. The molecule has 4 heteroatoms. The Balaban J connectivity index is 2.45. The van der Waals surface area contributed by atoms with Gasteiger partial charge in [0, 0.05) is 6.54 Å². The van der Waals surface area contributed by atoms with Gasteiger partial charge in [0.15, 0.2) is 0 Å². The molecule has 1 atom stereocenters. The summed E-state index contributed by atoms with van der Waals surface area (Å²) in [6, 6.07) is -0.350. The number of nitrogens with zero attached hydrogens (tertiary/aromatic N) is 1. The lowest BCUT2D eigenvalue weighted by Gasteiger charge is -2.37. The zero-order valence-corrected chi connectivity index (χ0v) is 8.24. The lowest BCUT2D eigenvalue weighted by atomic mass is 10.0. The molecule has 0 bridgehead atoms. The number of carbonyl (C=O) groups is 2. The fraction of sp³-hybridized carbons (Fsp3) is 0.778. The summed E-state index contributed by atoms with van der Waals surface area (Å²) in [7, 11) is 0. The molecule has 0 aromatic rings. The van der Waals surface area contributed by atoms with Gasteiger partial charge in [0.2, 0.25) is 6.41 Å². The fourth-order valence-corrected chi connectivity index (χ4v) is 1.16. The Kier molecular flexibility index (Phi) is 2.59. The van der Waals surface area contributed by atoms with E-state index in [9.17, 15) is 9.59 Å². The molecule has 0 N–H and O–H groups in total. The first-order valence-electron chi connectivity index (χ1n) is 4.38. The van der Waals surface area contributed by atoms with Crippen LogP contribution < -0.4 is 0 Å². The van der Waals surface area contributed by atoms with Crippen molar-refractivity contribution in [2.24, 2.45) is 0 Å². The fourth-order valence-electron chi connectivity index (χ4n) is 1.16. The first-order valence-corrected chi connectivity index (χ1v) is 4.38. The van der Waals surface area contributed by atoms with Crippen molar-refractivity contribution in [2.75, 3.05) is 6.54 Å². The lowest BCUT2D eigenvalue weighted by molar-refractivity contribution is -0.168. The lowest BCUT2D eigenvalue weighted by Crippen LogP contribution is -2.53. The number of carbonyl (C=O) groups excluding carboxylic acids is 2. The summed E-state index contributed by atoms with van der Waals surface area (Å²) in [4.78, 5) is 23.2. The van der Waals surface area contributed by atoms with Crippen LogP contribution in [0.4, 0.5) is 0 Å². The third-order valence-electron chi connectivity index (χ3n) is 1.88. The van der Waals surface area contributed by atoms with E-state index in [1.807, 2.05) is 20.8 Å². The molecule has 1 fully saturated rings. The number of hydrogen-bond donors (Lipinski definition) is 0. The van der Waals surface area contributed by atoms with Gasteiger partial charge in [0.1, 0.15) is 11.6 Å². The predicted octanol–water partition coefficient (Wildman–Crippen LogP) is 0.559. The minimum atomic E-state index is -0.471. The molecule has 4 nitrogen and oxygen atoms in total. The van der Waals surface area contributed by atoms with Gasteiger partial charge in [0.05, 0.1) is 0 Å². The van der Waals surface area contributed by atoms with E-state index in [0.29, 0.717) is 19.4 Å². The highest BCUT2D eigenvalue weighted by molar-refractivity contribution is 5.80. The largest absolute Gasteiger partial charge is 0.458 e. The highest BCUT2D eigenvalue weighted by atomic mass is 16.6. The monoisotopic (exact) mass is 185 g/mol. The Labute approximate surface area is 77.8 Å². The maximum absolute atomic E-state index is 11.4. The summed E-state index contributed by atoms with van der Waals surface area (Å²) < 4.78 is 5.13. The van der Waals surface area contributed by atoms with Crippen LogP contribution in [0.2, 0.25) is 0 Å². The first-order chi connectivity index (χ1) is 5.94. The van der Waals surface area contributed by atoms with Crippen molar-refractivity contribution in [3.63, 3.8) is 0 Å². The van der Waals surface area contributed by atoms with Gasteiger partial charge in [-0.2, -0.15) is 0 Å². The molecule has 0 saturated carbocycles. The van der Waals surface area contributed by atoms with E-state index in [-0.39, 0.29) is 12.0 Å². The number of likely N-dealkylation sites (tertiary alicyclic amines) is 1. The van der Waals surface area contributed by atoms with Gasteiger partial charge in [-0.25, -0.2) is 4.79 Å². The van der Waals surface area contributed by atoms with Crippen molar-refractivity contribution in [3.05, 3.63) is 0 Å². The van der Waals surface area contributed by atoms with E-state index in [1.54, 1.807) is 0 Å². The van der Waals surface area contributed by atoms with Crippen molar-refractivity contribution in [3.8, 4) is 0 Å². The summed E-state index contributed by atoms with van der Waals surface area (Å²) in [6.07, 6.45) is 1.41. The highest BCUT2D eigenvalue weighted by Crippen LogP contribution is 2.19. The van der Waals surface area contributed by atoms with Crippen molar-refractivity contribution in [1.82, 2.24) is 4.90 Å². The second kappa shape index (κ2) is 3.36. The van der Waals surface area contributed by atoms with E-state index in [1.165, 1.54) is 4.90 Å². The molecule has 1 unspecified atom stereocenters. The average Bonchev–Trinajstić information content (AvgIpc) is 1.80. The van der Waals surface area contributed by atoms with Crippen LogP contribution in [-0.4, -0.2) is 35.5 Å². The second-order valence-electron chi connectivity index (χ2n) is 4.18. The maximum atomic E-state index is 11.4. The number of amides is 1. The van der Waals surface area contributed by atoms with E-state index >= 15 is 0 Å². The summed E-state index contributed by atoms with van der Waals surface area (Å²) in [5, 5.41) is 0. The second-order valence-corrected chi connectivity index (χ2v) is 4.18. The molecule has 74 valence electrons. The zero-order chi connectivity index (χ0) is 10.1. The highest BCUT2D eigenvalue weighted by Gasteiger charge is 2.36. The van der Waals surface area contributed by atoms with Gasteiger partial charge in [-0.15, -0.1) is 0 Å². The van der Waals surface area contributed by atoms with Crippen LogP contribution in [0.5, 0.6) is 0 Å². The Morgan fingerprint density at radius 1 is 1.54 bits per heavy atom. The van der Waals surface area contributed by atoms with Gasteiger partial charge < -0.3 is 9.64 Å². The number of rotatable bonds is 2. The molecule has 0 aromatic heterocycles. The topological polar surface area (TPSA) is 46.6 Å².